The van der Waals surface area contributed by atoms with E-state index in [1.54, 1.807) is 4.90 Å². The van der Waals surface area contributed by atoms with E-state index >= 15 is 0 Å². The van der Waals surface area contributed by atoms with Gasteiger partial charge in [0.25, 0.3) is 0 Å². The van der Waals surface area contributed by atoms with E-state index in [1.807, 2.05) is 44.2 Å². The van der Waals surface area contributed by atoms with Crippen LogP contribution in [0.5, 0.6) is 0 Å². The fraction of sp³-hybridized carbons (Fsp3) is 0.690. The number of nitrogens with zero attached hydrogens (tertiary/aromatic N) is 2. The van der Waals surface area contributed by atoms with Crippen molar-refractivity contribution >= 4 is 17.7 Å². The molecule has 4 aliphatic heterocycles. The van der Waals surface area contributed by atoms with E-state index in [0.717, 1.165) is 25.1 Å². The van der Waals surface area contributed by atoms with Gasteiger partial charge in [-0.1, -0.05) is 50.6 Å². The Morgan fingerprint density at radius 2 is 1.90 bits per heavy atom. The molecule has 2 unspecified atom stereocenters. The lowest BCUT2D eigenvalue weighted by Gasteiger charge is -2.39. The molecule has 39 heavy (non-hydrogen) atoms. The molecule has 4 fully saturated rings. The fourth-order valence-corrected chi connectivity index (χ4v) is 7.02. The molecule has 5 rings (SSSR count). The summed E-state index contributed by atoms with van der Waals surface area (Å²) >= 11 is 0. The molecule has 3 amide bonds. The molecule has 0 saturated carbocycles. The zero-order chi connectivity index (χ0) is 27.6. The molecule has 7 atom stereocenters. The number of ether oxygens (including phenoxy) is 2. The average molecular weight is 543 g/mol. The summed E-state index contributed by atoms with van der Waals surface area (Å²) < 4.78 is 11.9. The third-order valence-electron chi connectivity index (χ3n) is 9.27. The smallest absolute Gasteiger partial charge is 0.245 e. The number of likely N-dealkylation sites (tertiary alicyclic amines) is 1. The number of nitrogens with one attached hydrogen (secondary N) is 2. The topological polar surface area (TPSA) is 120 Å². The molecule has 1 aromatic carbocycles. The Bertz CT molecular complexity index is 1030. The van der Waals surface area contributed by atoms with E-state index in [2.05, 4.69) is 15.5 Å². The number of carbonyl (C=O) groups is 3. The second-order valence-electron chi connectivity index (χ2n) is 11.4. The molecule has 4 aliphatic rings. The van der Waals surface area contributed by atoms with Crippen LogP contribution in [0.1, 0.15) is 38.7 Å². The Balaban J connectivity index is 1.38. The zero-order valence-electron chi connectivity index (χ0n) is 23.0. The van der Waals surface area contributed by atoms with Gasteiger partial charge in [0.15, 0.2) is 0 Å². The fourth-order valence-electron chi connectivity index (χ4n) is 7.02. The highest BCUT2D eigenvalue weighted by Crippen LogP contribution is 2.59. The van der Waals surface area contributed by atoms with E-state index in [-0.39, 0.29) is 30.2 Å². The quantitative estimate of drug-likeness (QED) is 0.373. The number of rotatable bonds is 11. The van der Waals surface area contributed by atoms with Crippen LogP contribution in [0.4, 0.5) is 0 Å². The minimum Gasteiger partial charge on any atom is -0.394 e. The summed E-state index contributed by atoms with van der Waals surface area (Å²) in [6, 6.07) is 8.22. The maximum atomic E-state index is 14.2. The Labute approximate surface area is 230 Å². The highest BCUT2D eigenvalue weighted by Gasteiger charge is 2.75. The summed E-state index contributed by atoms with van der Waals surface area (Å²) in [4.78, 5) is 45.4. The van der Waals surface area contributed by atoms with Gasteiger partial charge in [-0.15, -0.1) is 0 Å². The molecule has 10 nitrogen and oxygen atoms in total. The molecule has 1 spiro atoms. The number of amides is 3. The second kappa shape index (κ2) is 11.9. The van der Waals surface area contributed by atoms with Crippen molar-refractivity contribution < 1.29 is 29.0 Å². The monoisotopic (exact) mass is 542 g/mol. The number of aliphatic hydroxyl groups excluding tert-OH is 1. The molecule has 4 saturated heterocycles. The molecule has 214 valence electrons. The average Bonchev–Trinajstić information content (AvgIpc) is 3.61. The van der Waals surface area contributed by atoms with Crippen LogP contribution in [0, 0.1) is 17.8 Å². The summed E-state index contributed by atoms with van der Waals surface area (Å²) in [5, 5.41) is 16.5. The van der Waals surface area contributed by atoms with Crippen LogP contribution < -0.4 is 10.6 Å². The van der Waals surface area contributed by atoms with Crippen molar-refractivity contribution in [2.45, 2.75) is 63.4 Å². The van der Waals surface area contributed by atoms with Gasteiger partial charge >= 0.3 is 0 Å². The first-order valence-electron chi connectivity index (χ1n) is 14.4. The highest BCUT2D eigenvalue weighted by atomic mass is 16.5. The molecular formula is C29H42N4O6. The molecule has 4 heterocycles. The van der Waals surface area contributed by atoms with E-state index in [9.17, 15) is 19.5 Å². The van der Waals surface area contributed by atoms with Crippen LogP contribution in [0.3, 0.4) is 0 Å². The van der Waals surface area contributed by atoms with Crippen molar-refractivity contribution in [3.63, 3.8) is 0 Å². The van der Waals surface area contributed by atoms with E-state index < -0.39 is 35.6 Å². The standard InChI is InChI=1S/C29H42N4O6/c1-3-19(2)21(18-34)33-25(27(36)30-11-12-32-13-15-38-16-14-32)29-10-9-22(39-29)23(24(29)28(33)37)26(35)31-17-20-7-5-4-6-8-20/h4-8,19,21-25,34H,3,9-18H2,1-2H3,(H,30,36)(H,31,35)/t19-,21-,22-,23+,24-,25?,29?/m0/s1. The van der Waals surface area contributed by atoms with Gasteiger partial charge in [0, 0.05) is 32.7 Å². The zero-order valence-corrected chi connectivity index (χ0v) is 23.0. The third kappa shape index (κ3) is 5.19. The molecule has 3 N–H and O–H groups in total. The Kier molecular flexibility index (Phi) is 8.56. The van der Waals surface area contributed by atoms with E-state index in [4.69, 9.17) is 9.47 Å². The van der Waals surface area contributed by atoms with Crippen LogP contribution in [-0.4, -0.2) is 102 Å². The van der Waals surface area contributed by atoms with Crippen molar-refractivity contribution in [1.29, 1.82) is 0 Å². The lowest BCUT2D eigenvalue weighted by Crippen LogP contribution is -2.59. The first-order chi connectivity index (χ1) is 18.9. The minimum atomic E-state index is -1.07. The number of benzene rings is 1. The predicted octanol–water partition coefficient (Wildman–Crippen LogP) is 0.533. The van der Waals surface area contributed by atoms with E-state index in [0.29, 0.717) is 45.7 Å². The van der Waals surface area contributed by atoms with Crippen molar-refractivity contribution in [3.8, 4) is 0 Å². The maximum Gasteiger partial charge on any atom is 0.245 e. The van der Waals surface area contributed by atoms with E-state index in [1.165, 1.54) is 0 Å². The minimum absolute atomic E-state index is 0.0274. The Morgan fingerprint density at radius 3 is 2.59 bits per heavy atom. The van der Waals surface area contributed by atoms with Gasteiger partial charge < -0.3 is 30.1 Å². The van der Waals surface area contributed by atoms with Crippen LogP contribution in [-0.2, 0) is 30.4 Å². The molecule has 10 heteroatoms. The van der Waals surface area contributed by atoms with Crippen LogP contribution in [0.15, 0.2) is 30.3 Å². The van der Waals surface area contributed by atoms with Crippen LogP contribution in [0.2, 0.25) is 0 Å². The lowest BCUT2D eigenvalue weighted by atomic mass is 9.70. The van der Waals surface area contributed by atoms with Gasteiger partial charge in [-0.3, -0.25) is 19.3 Å². The number of hydrogen-bond donors (Lipinski definition) is 3. The molecule has 2 bridgehead atoms. The molecule has 0 aromatic heterocycles. The van der Waals surface area contributed by atoms with Gasteiger partial charge in [-0.05, 0) is 24.3 Å². The molecule has 1 aromatic rings. The first kappa shape index (κ1) is 28.0. The predicted molar refractivity (Wildman–Crippen MR) is 143 cm³/mol. The summed E-state index contributed by atoms with van der Waals surface area (Å²) in [5.41, 5.74) is -0.0980. The van der Waals surface area contributed by atoms with Crippen molar-refractivity contribution in [2.75, 3.05) is 46.0 Å². The molecular weight excluding hydrogens is 500 g/mol. The molecule has 0 radical (unpaired) electrons. The normalized spacial score (nSPS) is 31.7. The Hall–Kier alpha value is -2.53. The lowest BCUT2D eigenvalue weighted by molar-refractivity contribution is -0.147. The summed E-state index contributed by atoms with van der Waals surface area (Å²) in [6.07, 6.45) is 1.48. The number of aliphatic hydroxyl groups is 1. The summed E-state index contributed by atoms with van der Waals surface area (Å²) in [6.45, 7) is 8.22. The number of fused-ring (bicyclic) bond motifs is 1. The largest absolute Gasteiger partial charge is 0.394 e. The Morgan fingerprint density at radius 1 is 1.15 bits per heavy atom. The van der Waals surface area contributed by atoms with Gasteiger partial charge in [-0.25, -0.2) is 0 Å². The maximum absolute atomic E-state index is 14.2. The van der Waals surface area contributed by atoms with Crippen molar-refractivity contribution in [3.05, 3.63) is 35.9 Å². The van der Waals surface area contributed by atoms with Crippen LogP contribution >= 0.6 is 0 Å². The van der Waals surface area contributed by atoms with Crippen molar-refractivity contribution in [1.82, 2.24) is 20.4 Å². The number of carbonyl (C=O) groups excluding carboxylic acids is 3. The van der Waals surface area contributed by atoms with Gasteiger partial charge in [0.05, 0.1) is 43.8 Å². The number of morpholine rings is 1. The van der Waals surface area contributed by atoms with Gasteiger partial charge in [0.1, 0.15) is 11.6 Å². The highest BCUT2D eigenvalue weighted by molar-refractivity contribution is 5.99. The summed E-state index contributed by atoms with van der Waals surface area (Å²) in [7, 11) is 0. The number of hydrogen-bond acceptors (Lipinski definition) is 7. The third-order valence-corrected chi connectivity index (χ3v) is 9.27. The van der Waals surface area contributed by atoms with Crippen LogP contribution in [0.25, 0.3) is 0 Å². The molecule has 0 aliphatic carbocycles. The van der Waals surface area contributed by atoms with Gasteiger partial charge in [0.2, 0.25) is 17.7 Å². The van der Waals surface area contributed by atoms with Gasteiger partial charge in [-0.2, -0.15) is 0 Å². The van der Waals surface area contributed by atoms with Crippen molar-refractivity contribution in [2.24, 2.45) is 17.8 Å². The second-order valence-corrected chi connectivity index (χ2v) is 11.4. The summed E-state index contributed by atoms with van der Waals surface area (Å²) in [5.74, 6) is -2.20. The SMILES string of the molecule is CC[C@H](C)[C@H](CO)N1C(=O)[C@@H]2[C@H](C(=O)NCc3ccccc3)[C@@H]3CCC2(O3)C1C(=O)NCCN1CCOCC1. The first-order valence-corrected chi connectivity index (χ1v) is 14.4.